The molecule has 0 aliphatic rings. The van der Waals surface area contributed by atoms with Crippen LogP contribution >= 0.6 is 15.9 Å². The number of aliphatic hydroxyl groups excluding tert-OH is 1. The van der Waals surface area contributed by atoms with Gasteiger partial charge in [-0.05, 0) is 35.6 Å². The van der Waals surface area contributed by atoms with Crippen LogP contribution in [0.2, 0.25) is 0 Å². The Bertz CT molecular complexity index is 970. The van der Waals surface area contributed by atoms with E-state index in [0.717, 1.165) is 32.6 Å². The Balaban J connectivity index is 1.81. The fourth-order valence-corrected chi connectivity index (χ4v) is 3.21. The first-order valence-electron chi connectivity index (χ1n) is 9.55. The number of halogens is 1. The van der Waals surface area contributed by atoms with Crippen LogP contribution in [0.15, 0.2) is 59.2 Å². The molecule has 2 N–H and O–H groups in total. The zero-order valence-corrected chi connectivity index (χ0v) is 18.1. The van der Waals surface area contributed by atoms with Crippen molar-refractivity contribution in [3.05, 3.63) is 76.0 Å². The van der Waals surface area contributed by atoms with Crippen LogP contribution in [0.3, 0.4) is 0 Å². The van der Waals surface area contributed by atoms with Crippen molar-refractivity contribution in [2.24, 2.45) is 5.92 Å². The lowest BCUT2D eigenvalue weighted by atomic mass is 10.1. The average molecular weight is 454 g/mol. The SMILES string of the molecule is CC(C)Cc1nc(-c2ccc(CO)cc2)cnc1NC(=O)Cc1ccc(Br)cc1. The zero-order chi connectivity index (χ0) is 20.8. The molecule has 0 radical (unpaired) electrons. The van der Waals surface area contributed by atoms with Gasteiger partial charge in [-0.15, -0.1) is 0 Å². The van der Waals surface area contributed by atoms with Crippen molar-refractivity contribution < 1.29 is 9.90 Å². The molecule has 1 heterocycles. The van der Waals surface area contributed by atoms with Crippen molar-refractivity contribution in [2.45, 2.75) is 33.3 Å². The number of nitrogens with one attached hydrogen (secondary N) is 1. The molecule has 2 aromatic carbocycles. The smallest absolute Gasteiger partial charge is 0.229 e. The minimum atomic E-state index is -0.119. The Labute approximate surface area is 179 Å². The van der Waals surface area contributed by atoms with Crippen LogP contribution < -0.4 is 5.32 Å². The van der Waals surface area contributed by atoms with Crippen molar-refractivity contribution in [2.75, 3.05) is 5.32 Å². The molecule has 0 saturated carbocycles. The minimum absolute atomic E-state index is 0.00783. The van der Waals surface area contributed by atoms with E-state index in [1.807, 2.05) is 48.5 Å². The van der Waals surface area contributed by atoms with E-state index in [9.17, 15) is 9.90 Å². The van der Waals surface area contributed by atoms with Gasteiger partial charge in [-0.1, -0.05) is 66.2 Å². The number of nitrogens with zero attached hydrogens (tertiary/aromatic N) is 2. The topological polar surface area (TPSA) is 75.1 Å². The normalized spacial score (nSPS) is 10.9. The summed E-state index contributed by atoms with van der Waals surface area (Å²) in [7, 11) is 0. The second-order valence-electron chi connectivity index (χ2n) is 7.35. The number of hydrogen-bond donors (Lipinski definition) is 2. The number of anilines is 1. The number of benzene rings is 2. The standard InChI is InChI=1S/C23H24BrN3O2/c1-15(2)11-20-23(27-22(29)12-16-5-9-19(24)10-6-16)25-13-21(26-20)18-7-3-17(14-28)4-8-18/h3-10,13,15,28H,11-12,14H2,1-2H3,(H,25,27,29). The van der Waals surface area contributed by atoms with Gasteiger partial charge >= 0.3 is 0 Å². The van der Waals surface area contributed by atoms with Crippen molar-refractivity contribution in [3.8, 4) is 11.3 Å². The van der Waals surface area contributed by atoms with E-state index < -0.39 is 0 Å². The molecule has 0 saturated heterocycles. The number of aromatic nitrogens is 2. The van der Waals surface area contributed by atoms with Crippen LogP contribution in [0, 0.1) is 5.92 Å². The van der Waals surface area contributed by atoms with Gasteiger partial charge in [-0.3, -0.25) is 4.79 Å². The summed E-state index contributed by atoms with van der Waals surface area (Å²) in [6.45, 7) is 4.23. The summed E-state index contributed by atoms with van der Waals surface area (Å²) in [5.41, 5.74) is 4.22. The fraction of sp³-hybridized carbons (Fsp3) is 0.261. The van der Waals surface area contributed by atoms with E-state index in [-0.39, 0.29) is 18.9 Å². The molecule has 150 valence electrons. The molecule has 0 aliphatic carbocycles. The lowest BCUT2D eigenvalue weighted by Crippen LogP contribution is -2.18. The summed E-state index contributed by atoms with van der Waals surface area (Å²) in [4.78, 5) is 21.8. The Morgan fingerprint density at radius 3 is 2.34 bits per heavy atom. The van der Waals surface area contributed by atoms with Gasteiger partial charge < -0.3 is 10.4 Å². The number of rotatable bonds is 7. The highest BCUT2D eigenvalue weighted by Gasteiger charge is 2.14. The van der Waals surface area contributed by atoms with Crippen LogP contribution in [0.4, 0.5) is 5.82 Å². The molecule has 29 heavy (non-hydrogen) atoms. The quantitative estimate of drug-likeness (QED) is 0.539. The van der Waals surface area contributed by atoms with Crippen LogP contribution in [-0.2, 0) is 24.2 Å². The van der Waals surface area contributed by atoms with E-state index in [1.165, 1.54) is 0 Å². The second kappa shape index (κ2) is 9.76. The third kappa shape index (κ3) is 5.95. The predicted octanol–water partition coefficient (Wildman–Crippen LogP) is 4.78. The van der Waals surface area contributed by atoms with Gasteiger partial charge in [0.25, 0.3) is 0 Å². The molecule has 3 rings (SSSR count). The maximum atomic E-state index is 12.5. The van der Waals surface area contributed by atoms with Gasteiger partial charge in [0, 0.05) is 10.0 Å². The zero-order valence-electron chi connectivity index (χ0n) is 16.5. The first-order chi connectivity index (χ1) is 13.9. The Hall–Kier alpha value is -2.57. The molecule has 3 aromatic rings. The van der Waals surface area contributed by atoms with Gasteiger partial charge in [0.1, 0.15) is 0 Å². The number of carbonyl (C=O) groups excluding carboxylic acids is 1. The second-order valence-corrected chi connectivity index (χ2v) is 8.27. The molecule has 1 aromatic heterocycles. The fourth-order valence-electron chi connectivity index (χ4n) is 2.94. The van der Waals surface area contributed by atoms with Crippen LogP contribution in [-0.4, -0.2) is 21.0 Å². The highest BCUT2D eigenvalue weighted by atomic mass is 79.9. The highest BCUT2D eigenvalue weighted by molar-refractivity contribution is 9.10. The third-order valence-corrected chi connectivity index (χ3v) is 4.94. The molecule has 0 bridgehead atoms. The van der Waals surface area contributed by atoms with E-state index in [0.29, 0.717) is 18.2 Å². The van der Waals surface area contributed by atoms with E-state index in [4.69, 9.17) is 4.98 Å². The summed E-state index contributed by atoms with van der Waals surface area (Å²) in [6.07, 6.45) is 2.66. The lowest BCUT2D eigenvalue weighted by Gasteiger charge is -2.13. The molecule has 0 aliphatic heterocycles. The maximum absolute atomic E-state index is 12.5. The average Bonchev–Trinajstić information content (AvgIpc) is 2.71. The van der Waals surface area contributed by atoms with Crippen molar-refractivity contribution in [1.29, 1.82) is 0 Å². The number of aliphatic hydroxyl groups is 1. The number of carbonyl (C=O) groups is 1. The molecule has 0 spiro atoms. The first-order valence-corrected chi connectivity index (χ1v) is 10.3. The van der Waals surface area contributed by atoms with Crippen LogP contribution in [0.1, 0.15) is 30.7 Å². The van der Waals surface area contributed by atoms with E-state index in [1.54, 1.807) is 6.20 Å². The first kappa shape index (κ1) is 21.1. The lowest BCUT2D eigenvalue weighted by molar-refractivity contribution is -0.115. The van der Waals surface area contributed by atoms with Gasteiger partial charge in [0.05, 0.1) is 30.6 Å². The maximum Gasteiger partial charge on any atom is 0.229 e. The molecular formula is C23H24BrN3O2. The molecule has 0 fully saturated rings. The molecule has 5 nitrogen and oxygen atoms in total. The number of amides is 1. The van der Waals surface area contributed by atoms with Gasteiger partial charge in [0.15, 0.2) is 5.82 Å². The summed E-state index contributed by atoms with van der Waals surface area (Å²) in [6, 6.07) is 15.3. The Kier molecular flexibility index (Phi) is 7.12. The monoisotopic (exact) mass is 453 g/mol. The Morgan fingerprint density at radius 2 is 1.72 bits per heavy atom. The molecular weight excluding hydrogens is 430 g/mol. The summed E-state index contributed by atoms with van der Waals surface area (Å²) in [5, 5.41) is 12.1. The van der Waals surface area contributed by atoms with E-state index in [2.05, 4.69) is 40.1 Å². The largest absolute Gasteiger partial charge is 0.392 e. The summed E-state index contributed by atoms with van der Waals surface area (Å²) < 4.78 is 0.981. The van der Waals surface area contributed by atoms with E-state index >= 15 is 0 Å². The van der Waals surface area contributed by atoms with Gasteiger partial charge in [-0.25, -0.2) is 9.97 Å². The Morgan fingerprint density at radius 1 is 1.07 bits per heavy atom. The number of hydrogen-bond acceptors (Lipinski definition) is 4. The van der Waals surface area contributed by atoms with Crippen molar-refractivity contribution in [1.82, 2.24) is 9.97 Å². The molecule has 1 amide bonds. The minimum Gasteiger partial charge on any atom is -0.392 e. The van der Waals surface area contributed by atoms with Crippen molar-refractivity contribution >= 4 is 27.7 Å². The molecule has 0 unspecified atom stereocenters. The molecule has 6 heteroatoms. The van der Waals surface area contributed by atoms with Crippen molar-refractivity contribution in [3.63, 3.8) is 0 Å². The summed E-state index contributed by atoms with van der Waals surface area (Å²) >= 11 is 3.40. The predicted molar refractivity (Wildman–Crippen MR) is 118 cm³/mol. The highest BCUT2D eigenvalue weighted by Crippen LogP contribution is 2.22. The van der Waals surface area contributed by atoms with Crippen LogP contribution in [0.25, 0.3) is 11.3 Å². The van der Waals surface area contributed by atoms with Gasteiger partial charge in [-0.2, -0.15) is 0 Å². The van der Waals surface area contributed by atoms with Gasteiger partial charge in [0.2, 0.25) is 5.91 Å². The van der Waals surface area contributed by atoms with Crippen LogP contribution in [0.5, 0.6) is 0 Å². The molecule has 0 atom stereocenters. The summed E-state index contributed by atoms with van der Waals surface area (Å²) in [5.74, 6) is 0.765. The third-order valence-electron chi connectivity index (χ3n) is 4.41.